The van der Waals surface area contributed by atoms with E-state index < -0.39 is 0 Å². The largest absolute Gasteiger partial charge is 0.331 e. The van der Waals surface area contributed by atoms with Gasteiger partial charge in [-0.3, -0.25) is 9.59 Å². The maximum Gasteiger partial charge on any atom is 0.244 e. The van der Waals surface area contributed by atoms with E-state index in [0.717, 1.165) is 24.1 Å². The van der Waals surface area contributed by atoms with Crippen molar-refractivity contribution in [2.24, 2.45) is 0 Å². The lowest BCUT2D eigenvalue weighted by Gasteiger charge is -2.21. The number of hydrogen-bond donors (Lipinski definition) is 1. The fourth-order valence-corrected chi connectivity index (χ4v) is 2.34. The number of anilines is 1. The van der Waals surface area contributed by atoms with Crippen molar-refractivity contribution in [2.45, 2.75) is 45.6 Å². The third kappa shape index (κ3) is 3.59. The summed E-state index contributed by atoms with van der Waals surface area (Å²) in [6.45, 7) is 5.86. The van der Waals surface area contributed by atoms with Crippen molar-refractivity contribution >= 4 is 17.5 Å². The van der Waals surface area contributed by atoms with Crippen LogP contribution in [0.1, 0.15) is 45.1 Å². The normalized spacial score (nSPS) is 14.2. The molecule has 0 spiro atoms. The van der Waals surface area contributed by atoms with Crippen molar-refractivity contribution < 1.29 is 9.59 Å². The van der Waals surface area contributed by atoms with Crippen molar-refractivity contribution in [3.8, 4) is 0 Å². The van der Waals surface area contributed by atoms with Crippen LogP contribution in [0.15, 0.2) is 24.3 Å². The minimum Gasteiger partial charge on any atom is -0.331 e. The molecule has 0 aliphatic heterocycles. The molecule has 20 heavy (non-hydrogen) atoms. The van der Waals surface area contributed by atoms with Crippen molar-refractivity contribution in [1.29, 1.82) is 0 Å². The zero-order valence-electron chi connectivity index (χ0n) is 12.3. The number of hydrogen-bond acceptors (Lipinski definition) is 2. The Kier molecular flexibility index (Phi) is 4.42. The van der Waals surface area contributed by atoms with Crippen LogP contribution in [0.5, 0.6) is 0 Å². The lowest BCUT2D eigenvalue weighted by Crippen LogP contribution is -2.38. The summed E-state index contributed by atoms with van der Waals surface area (Å²) in [5, 5.41) is 2.93. The van der Waals surface area contributed by atoms with Gasteiger partial charge in [0.2, 0.25) is 11.8 Å². The SMILES string of the molecule is CC(=O)N(CC(=O)Nc1ccccc1C(C)C)C1CC1. The Balaban J connectivity index is 2.02. The monoisotopic (exact) mass is 274 g/mol. The smallest absolute Gasteiger partial charge is 0.244 e. The lowest BCUT2D eigenvalue weighted by molar-refractivity contribution is -0.133. The minimum absolute atomic E-state index is 0.0280. The highest BCUT2D eigenvalue weighted by Crippen LogP contribution is 2.27. The fourth-order valence-electron chi connectivity index (χ4n) is 2.34. The predicted octanol–water partition coefficient (Wildman–Crippen LogP) is 2.76. The van der Waals surface area contributed by atoms with Crippen molar-refractivity contribution in [2.75, 3.05) is 11.9 Å². The highest BCUT2D eigenvalue weighted by molar-refractivity contribution is 5.95. The number of nitrogens with one attached hydrogen (secondary N) is 1. The average molecular weight is 274 g/mol. The number of rotatable bonds is 5. The molecule has 1 aliphatic rings. The molecule has 108 valence electrons. The van der Waals surface area contributed by atoms with E-state index in [1.54, 1.807) is 4.90 Å². The Morgan fingerprint density at radius 2 is 1.95 bits per heavy atom. The number of benzene rings is 1. The van der Waals surface area contributed by atoms with Gasteiger partial charge < -0.3 is 10.2 Å². The first kappa shape index (κ1) is 14.6. The first-order valence-electron chi connectivity index (χ1n) is 7.15. The van der Waals surface area contributed by atoms with Gasteiger partial charge in [-0.25, -0.2) is 0 Å². The summed E-state index contributed by atoms with van der Waals surface area (Å²) in [6, 6.07) is 8.06. The first-order chi connectivity index (χ1) is 9.49. The molecule has 4 heteroatoms. The van der Waals surface area contributed by atoms with E-state index in [9.17, 15) is 9.59 Å². The molecule has 0 aromatic heterocycles. The van der Waals surface area contributed by atoms with Crippen molar-refractivity contribution in [3.63, 3.8) is 0 Å². The predicted molar refractivity (Wildman–Crippen MR) is 79.6 cm³/mol. The zero-order chi connectivity index (χ0) is 14.7. The van der Waals surface area contributed by atoms with Crippen LogP contribution < -0.4 is 5.32 Å². The Labute approximate surface area is 120 Å². The van der Waals surface area contributed by atoms with Crippen LogP contribution in [0.25, 0.3) is 0 Å². The van der Waals surface area contributed by atoms with Crippen LogP contribution in [0.2, 0.25) is 0 Å². The van der Waals surface area contributed by atoms with Gasteiger partial charge in [-0.1, -0.05) is 32.0 Å². The summed E-state index contributed by atoms with van der Waals surface area (Å²) in [5.41, 5.74) is 1.95. The molecule has 1 fully saturated rings. The Bertz CT molecular complexity index is 507. The second-order valence-electron chi connectivity index (χ2n) is 5.67. The number of para-hydroxylation sites is 1. The third-order valence-corrected chi connectivity index (χ3v) is 3.56. The number of nitrogens with zero attached hydrogens (tertiary/aromatic N) is 1. The molecule has 4 nitrogen and oxygen atoms in total. The lowest BCUT2D eigenvalue weighted by atomic mass is 10.0. The first-order valence-corrected chi connectivity index (χ1v) is 7.15. The minimum atomic E-state index is -0.125. The second kappa shape index (κ2) is 6.07. The molecule has 0 atom stereocenters. The average Bonchev–Trinajstić information content (AvgIpc) is 3.20. The summed E-state index contributed by atoms with van der Waals surface area (Å²) in [7, 11) is 0. The van der Waals surface area contributed by atoms with E-state index in [0.29, 0.717) is 5.92 Å². The molecular weight excluding hydrogens is 252 g/mol. The van der Waals surface area contributed by atoms with Crippen molar-refractivity contribution in [1.82, 2.24) is 4.90 Å². The molecule has 0 bridgehead atoms. The number of carbonyl (C=O) groups is 2. The van der Waals surface area contributed by atoms with Gasteiger partial charge in [0.15, 0.2) is 0 Å². The maximum atomic E-state index is 12.1. The van der Waals surface area contributed by atoms with Crippen molar-refractivity contribution in [3.05, 3.63) is 29.8 Å². The summed E-state index contributed by atoms with van der Waals surface area (Å²) >= 11 is 0. The van der Waals surface area contributed by atoms with E-state index >= 15 is 0 Å². The summed E-state index contributed by atoms with van der Waals surface area (Å²) in [6.07, 6.45) is 2.02. The topological polar surface area (TPSA) is 49.4 Å². The molecule has 0 heterocycles. The molecule has 1 aromatic carbocycles. The van der Waals surface area contributed by atoms with Crippen LogP contribution in [0.4, 0.5) is 5.69 Å². The van der Waals surface area contributed by atoms with Gasteiger partial charge in [-0.05, 0) is 30.4 Å². The van der Waals surface area contributed by atoms with Crippen LogP contribution >= 0.6 is 0 Å². The third-order valence-electron chi connectivity index (χ3n) is 3.56. The summed E-state index contributed by atoms with van der Waals surface area (Å²) in [5.74, 6) is 0.193. The quantitative estimate of drug-likeness (QED) is 0.897. The molecule has 2 rings (SSSR count). The van der Waals surface area contributed by atoms with Crippen LogP contribution in [0, 0.1) is 0 Å². The van der Waals surface area contributed by atoms with E-state index in [-0.39, 0.29) is 24.4 Å². The molecule has 1 aromatic rings. The zero-order valence-corrected chi connectivity index (χ0v) is 12.3. The van der Waals surface area contributed by atoms with Crippen LogP contribution in [-0.2, 0) is 9.59 Å². The van der Waals surface area contributed by atoms with E-state index in [1.165, 1.54) is 6.92 Å². The maximum absolute atomic E-state index is 12.1. The van der Waals surface area contributed by atoms with Gasteiger partial charge >= 0.3 is 0 Å². The molecule has 0 unspecified atom stereocenters. The fraction of sp³-hybridized carbons (Fsp3) is 0.500. The molecule has 1 saturated carbocycles. The Hall–Kier alpha value is -1.84. The molecule has 0 saturated heterocycles. The van der Waals surface area contributed by atoms with Gasteiger partial charge in [0.1, 0.15) is 6.54 Å². The number of carbonyl (C=O) groups excluding carboxylic acids is 2. The van der Waals surface area contributed by atoms with Gasteiger partial charge in [-0.2, -0.15) is 0 Å². The molecule has 1 N–H and O–H groups in total. The Morgan fingerprint density at radius 1 is 1.30 bits per heavy atom. The standard InChI is InChI=1S/C16H22N2O2/c1-11(2)14-6-4-5-7-15(14)17-16(20)10-18(12(3)19)13-8-9-13/h4-7,11,13H,8-10H2,1-3H3,(H,17,20). The van der Waals surface area contributed by atoms with Gasteiger partial charge in [0.05, 0.1) is 0 Å². The Morgan fingerprint density at radius 3 is 2.50 bits per heavy atom. The molecule has 1 aliphatic carbocycles. The molecule has 0 radical (unpaired) electrons. The van der Waals surface area contributed by atoms with Gasteiger partial charge in [0, 0.05) is 18.7 Å². The summed E-state index contributed by atoms with van der Waals surface area (Å²) in [4.78, 5) is 25.3. The van der Waals surface area contributed by atoms with E-state index in [2.05, 4.69) is 19.2 Å². The summed E-state index contributed by atoms with van der Waals surface area (Å²) < 4.78 is 0. The van der Waals surface area contributed by atoms with Gasteiger partial charge in [0.25, 0.3) is 0 Å². The van der Waals surface area contributed by atoms with Crippen LogP contribution in [0.3, 0.4) is 0 Å². The van der Waals surface area contributed by atoms with E-state index in [4.69, 9.17) is 0 Å². The van der Waals surface area contributed by atoms with Crippen LogP contribution in [-0.4, -0.2) is 29.3 Å². The number of amides is 2. The highest BCUT2D eigenvalue weighted by atomic mass is 16.2. The van der Waals surface area contributed by atoms with E-state index in [1.807, 2.05) is 24.3 Å². The highest BCUT2D eigenvalue weighted by Gasteiger charge is 2.32. The second-order valence-corrected chi connectivity index (χ2v) is 5.67. The molecule has 2 amide bonds. The van der Waals surface area contributed by atoms with Gasteiger partial charge in [-0.15, -0.1) is 0 Å². The molecular formula is C16H22N2O2.